The lowest BCUT2D eigenvalue weighted by Crippen LogP contribution is -2.50. The Labute approximate surface area is 196 Å². The number of nitrogens with zero attached hydrogens (tertiary/aromatic N) is 1. The van der Waals surface area contributed by atoms with E-state index in [9.17, 15) is 4.79 Å². The van der Waals surface area contributed by atoms with Crippen LogP contribution in [0.4, 0.5) is 0 Å². The van der Waals surface area contributed by atoms with Crippen molar-refractivity contribution in [3.05, 3.63) is 77.9 Å². The van der Waals surface area contributed by atoms with Gasteiger partial charge < -0.3 is 9.47 Å². The first-order valence-corrected chi connectivity index (χ1v) is 12.3. The lowest BCUT2D eigenvalue weighted by atomic mass is 9.83. The molecule has 0 N–H and O–H groups in total. The van der Waals surface area contributed by atoms with Gasteiger partial charge in [-0.1, -0.05) is 54.6 Å². The molecule has 172 valence electrons. The minimum absolute atomic E-state index is 0.0300. The van der Waals surface area contributed by atoms with Gasteiger partial charge in [-0.3, -0.25) is 9.69 Å². The van der Waals surface area contributed by atoms with Gasteiger partial charge in [0.25, 0.3) is 0 Å². The van der Waals surface area contributed by atoms with E-state index in [1.165, 1.54) is 34.7 Å². The lowest BCUT2D eigenvalue weighted by Gasteiger charge is -2.37. The third kappa shape index (κ3) is 5.06. The number of rotatable bonds is 7. The van der Waals surface area contributed by atoms with Gasteiger partial charge in [-0.25, -0.2) is 0 Å². The number of esters is 1. The Morgan fingerprint density at radius 2 is 1.73 bits per heavy atom. The molecule has 0 bridgehead atoms. The van der Waals surface area contributed by atoms with Crippen molar-refractivity contribution in [3.63, 3.8) is 0 Å². The highest BCUT2D eigenvalue weighted by Crippen LogP contribution is 2.36. The van der Waals surface area contributed by atoms with Crippen molar-refractivity contribution >= 4 is 16.7 Å². The van der Waals surface area contributed by atoms with Crippen molar-refractivity contribution in [3.8, 4) is 5.75 Å². The fourth-order valence-corrected chi connectivity index (χ4v) is 5.29. The van der Waals surface area contributed by atoms with Crippen molar-refractivity contribution in [2.24, 2.45) is 5.92 Å². The van der Waals surface area contributed by atoms with Gasteiger partial charge in [0.05, 0.1) is 18.6 Å². The van der Waals surface area contributed by atoms with E-state index in [-0.39, 0.29) is 18.0 Å². The van der Waals surface area contributed by atoms with Crippen LogP contribution in [0.5, 0.6) is 5.75 Å². The fourth-order valence-electron chi connectivity index (χ4n) is 5.29. The summed E-state index contributed by atoms with van der Waals surface area (Å²) >= 11 is 0. The highest BCUT2D eigenvalue weighted by Gasteiger charge is 2.33. The molecule has 0 atom stereocenters. The van der Waals surface area contributed by atoms with E-state index >= 15 is 0 Å². The molecule has 0 amide bonds. The number of likely N-dealkylation sites (tertiary alicyclic amines) is 1. The summed E-state index contributed by atoms with van der Waals surface area (Å²) in [6.45, 7) is 4.74. The smallest absolute Gasteiger partial charge is 0.311 e. The first-order valence-electron chi connectivity index (χ1n) is 12.3. The predicted octanol–water partition coefficient (Wildman–Crippen LogP) is 5.94. The van der Waals surface area contributed by atoms with E-state index in [1.807, 2.05) is 6.92 Å². The molecule has 1 saturated carbocycles. The Hall–Kier alpha value is -2.85. The molecule has 4 nitrogen and oxygen atoms in total. The Morgan fingerprint density at radius 1 is 0.939 bits per heavy atom. The molecular weight excluding hydrogens is 410 g/mol. The summed E-state index contributed by atoms with van der Waals surface area (Å²) in [5, 5.41) is 2.39. The Balaban J connectivity index is 1.19. The van der Waals surface area contributed by atoms with Crippen molar-refractivity contribution in [2.45, 2.75) is 51.2 Å². The molecule has 33 heavy (non-hydrogen) atoms. The van der Waals surface area contributed by atoms with Crippen molar-refractivity contribution < 1.29 is 14.3 Å². The summed E-state index contributed by atoms with van der Waals surface area (Å²) < 4.78 is 11.6. The van der Waals surface area contributed by atoms with Gasteiger partial charge in [-0.15, -0.1) is 0 Å². The molecular formula is C29H33NO3. The van der Waals surface area contributed by atoms with Gasteiger partial charge in [0.2, 0.25) is 0 Å². The average Bonchev–Trinajstić information content (AvgIpc) is 2.82. The topological polar surface area (TPSA) is 38.8 Å². The quantitative estimate of drug-likeness (QED) is 0.424. The summed E-state index contributed by atoms with van der Waals surface area (Å²) in [5.74, 6) is 1.62. The van der Waals surface area contributed by atoms with Crippen LogP contribution in [0.1, 0.15) is 49.7 Å². The number of fused-ring (bicyclic) bond motifs is 1. The maximum atomic E-state index is 11.8. The molecule has 2 aliphatic rings. The minimum Gasteiger partial charge on any atom is -0.490 e. The number of benzene rings is 3. The molecule has 0 radical (unpaired) electrons. The molecule has 4 heteroatoms. The van der Waals surface area contributed by atoms with Gasteiger partial charge in [0, 0.05) is 25.0 Å². The standard InChI is InChI=1S/C29H33NO3/c1-2-32-29(31)25-19-30(20-25)18-21-11-16-27-24(17-21)9-6-10-28(27)33-26-14-12-23(13-15-26)22-7-4-3-5-8-22/h3-11,16-17,23,25-26H,2,12-15,18-20H2,1H3. The third-order valence-electron chi connectivity index (χ3n) is 7.13. The number of hydrogen-bond acceptors (Lipinski definition) is 4. The summed E-state index contributed by atoms with van der Waals surface area (Å²) in [4.78, 5) is 14.1. The minimum atomic E-state index is -0.0631. The lowest BCUT2D eigenvalue weighted by molar-refractivity contribution is -0.154. The largest absolute Gasteiger partial charge is 0.490 e. The maximum Gasteiger partial charge on any atom is 0.311 e. The van der Waals surface area contributed by atoms with Crippen LogP contribution in [0, 0.1) is 5.92 Å². The molecule has 1 saturated heterocycles. The van der Waals surface area contributed by atoms with Crippen LogP contribution in [-0.2, 0) is 16.1 Å². The van der Waals surface area contributed by atoms with E-state index < -0.39 is 0 Å². The van der Waals surface area contributed by atoms with Crippen LogP contribution >= 0.6 is 0 Å². The monoisotopic (exact) mass is 443 g/mol. The zero-order valence-electron chi connectivity index (χ0n) is 19.4. The molecule has 3 aromatic carbocycles. The average molecular weight is 444 g/mol. The highest BCUT2D eigenvalue weighted by molar-refractivity contribution is 5.88. The summed E-state index contributed by atoms with van der Waals surface area (Å²) in [5.41, 5.74) is 2.73. The normalized spacial score (nSPS) is 21.5. The van der Waals surface area contributed by atoms with Crippen molar-refractivity contribution in [1.29, 1.82) is 0 Å². The number of ether oxygens (including phenoxy) is 2. The van der Waals surface area contributed by atoms with Crippen LogP contribution in [0.3, 0.4) is 0 Å². The molecule has 3 aromatic rings. The Bertz CT molecular complexity index is 1080. The third-order valence-corrected chi connectivity index (χ3v) is 7.13. The molecule has 5 rings (SSSR count). The van der Waals surface area contributed by atoms with E-state index in [1.54, 1.807) is 0 Å². The second kappa shape index (κ2) is 9.96. The zero-order chi connectivity index (χ0) is 22.6. The van der Waals surface area contributed by atoms with E-state index in [0.29, 0.717) is 12.5 Å². The predicted molar refractivity (Wildman–Crippen MR) is 131 cm³/mol. The second-order valence-electron chi connectivity index (χ2n) is 9.46. The summed E-state index contributed by atoms with van der Waals surface area (Å²) in [6.07, 6.45) is 4.87. The maximum absolute atomic E-state index is 11.8. The number of hydrogen-bond donors (Lipinski definition) is 0. The Morgan fingerprint density at radius 3 is 2.48 bits per heavy atom. The van der Waals surface area contributed by atoms with Crippen LogP contribution in [0.15, 0.2) is 66.7 Å². The molecule has 1 aliphatic carbocycles. The van der Waals surface area contributed by atoms with Crippen molar-refractivity contribution in [2.75, 3.05) is 19.7 Å². The van der Waals surface area contributed by atoms with Crippen LogP contribution < -0.4 is 4.74 Å². The Kier molecular flexibility index (Phi) is 6.63. The summed E-state index contributed by atoms with van der Waals surface area (Å²) in [7, 11) is 0. The molecule has 1 aliphatic heterocycles. The van der Waals surface area contributed by atoms with Crippen molar-refractivity contribution in [1.82, 2.24) is 4.90 Å². The molecule has 0 spiro atoms. The van der Waals surface area contributed by atoms with Crippen LogP contribution in [0.25, 0.3) is 10.8 Å². The van der Waals surface area contributed by atoms with Crippen LogP contribution in [-0.4, -0.2) is 36.7 Å². The molecule has 0 aromatic heterocycles. The SMILES string of the molecule is CCOC(=O)C1CN(Cc2ccc3c(OC4CCC(c5ccccc5)CC4)cccc3c2)C1. The van der Waals surface area contributed by atoms with Gasteiger partial charge in [0.1, 0.15) is 5.75 Å². The zero-order valence-corrected chi connectivity index (χ0v) is 19.4. The molecule has 1 heterocycles. The van der Waals surface area contributed by atoms with Gasteiger partial charge in [0.15, 0.2) is 0 Å². The van der Waals surface area contributed by atoms with Crippen LogP contribution in [0.2, 0.25) is 0 Å². The first kappa shape index (κ1) is 22.0. The van der Waals surface area contributed by atoms with Gasteiger partial charge in [-0.05, 0) is 67.2 Å². The van der Waals surface area contributed by atoms with Gasteiger partial charge >= 0.3 is 5.97 Å². The van der Waals surface area contributed by atoms with E-state index in [4.69, 9.17) is 9.47 Å². The fraction of sp³-hybridized carbons (Fsp3) is 0.414. The highest BCUT2D eigenvalue weighted by atomic mass is 16.5. The molecule has 2 fully saturated rings. The second-order valence-corrected chi connectivity index (χ2v) is 9.46. The number of carbonyl (C=O) groups excluding carboxylic acids is 1. The number of carbonyl (C=O) groups is 1. The molecule has 0 unspecified atom stereocenters. The van der Waals surface area contributed by atoms with Gasteiger partial charge in [-0.2, -0.15) is 0 Å². The van der Waals surface area contributed by atoms with E-state index in [0.717, 1.165) is 38.2 Å². The first-order chi connectivity index (χ1) is 16.2. The summed E-state index contributed by atoms with van der Waals surface area (Å²) in [6, 6.07) is 23.9. The van der Waals surface area contributed by atoms with E-state index in [2.05, 4.69) is 71.6 Å².